The number of carbonyl (C=O) groups is 1. The standard InChI is InChI=1S/C18H26N2OS2.ClH/c21-17(20-10-8-14-3-1-9-19-13-14)15-4-6-16(7-5-15)18-22-11-2-12-23-18;/h4-7,14,18-19H,1-3,8-13H2,(H,20,21);1H. The van der Waals surface area contributed by atoms with Crippen molar-refractivity contribution < 1.29 is 4.79 Å². The highest BCUT2D eigenvalue weighted by Gasteiger charge is 2.17. The zero-order valence-corrected chi connectivity index (χ0v) is 16.4. The molecular weight excluding hydrogens is 360 g/mol. The molecule has 0 saturated carbocycles. The zero-order valence-electron chi connectivity index (χ0n) is 14.0. The molecular formula is C18H27ClN2OS2. The highest BCUT2D eigenvalue weighted by atomic mass is 35.5. The van der Waals surface area contributed by atoms with Gasteiger partial charge in [0.2, 0.25) is 0 Å². The molecule has 1 unspecified atom stereocenters. The van der Waals surface area contributed by atoms with Crippen LogP contribution in [0.2, 0.25) is 0 Å². The first-order valence-corrected chi connectivity index (χ1v) is 10.7. The van der Waals surface area contributed by atoms with Gasteiger partial charge in [-0.15, -0.1) is 35.9 Å². The summed E-state index contributed by atoms with van der Waals surface area (Å²) in [4.78, 5) is 12.2. The van der Waals surface area contributed by atoms with Crippen LogP contribution in [0, 0.1) is 5.92 Å². The van der Waals surface area contributed by atoms with Crippen LogP contribution >= 0.6 is 35.9 Å². The Labute approximate surface area is 159 Å². The fraction of sp³-hybridized carbons (Fsp3) is 0.611. The number of nitrogens with one attached hydrogen (secondary N) is 2. The zero-order chi connectivity index (χ0) is 15.9. The molecule has 0 aliphatic carbocycles. The Bertz CT molecular complexity index is 500. The summed E-state index contributed by atoms with van der Waals surface area (Å²) in [5.74, 6) is 3.27. The number of rotatable bonds is 5. The first-order valence-electron chi connectivity index (χ1n) is 8.65. The molecule has 1 amide bonds. The van der Waals surface area contributed by atoms with Gasteiger partial charge in [-0.3, -0.25) is 4.79 Å². The molecule has 0 bridgehead atoms. The third-order valence-corrected chi connectivity index (χ3v) is 7.52. The van der Waals surface area contributed by atoms with E-state index < -0.39 is 0 Å². The molecule has 2 aliphatic heterocycles. The van der Waals surface area contributed by atoms with Gasteiger partial charge in [0, 0.05) is 12.1 Å². The third-order valence-electron chi connectivity index (χ3n) is 4.51. The van der Waals surface area contributed by atoms with Crippen molar-refractivity contribution in [3.63, 3.8) is 0 Å². The second kappa shape index (κ2) is 10.6. The minimum atomic E-state index is 0. The minimum absolute atomic E-state index is 0. The van der Waals surface area contributed by atoms with Crippen LogP contribution in [0.1, 0.15) is 46.2 Å². The van der Waals surface area contributed by atoms with E-state index in [9.17, 15) is 4.79 Å². The lowest BCUT2D eigenvalue weighted by Gasteiger charge is -2.22. The lowest BCUT2D eigenvalue weighted by molar-refractivity contribution is 0.0950. The van der Waals surface area contributed by atoms with Crippen molar-refractivity contribution in [2.45, 2.75) is 30.3 Å². The molecule has 1 aromatic rings. The first kappa shape index (κ1) is 20.0. The summed E-state index contributed by atoms with van der Waals surface area (Å²) in [6.45, 7) is 3.02. The van der Waals surface area contributed by atoms with Gasteiger partial charge in [0.25, 0.3) is 5.91 Å². The second-order valence-corrected chi connectivity index (χ2v) is 9.03. The van der Waals surface area contributed by atoms with E-state index in [1.807, 2.05) is 35.7 Å². The van der Waals surface area contributed by atoms with E-state index in [2.05, 4.69) is 22.8 Å². The number of carbonyl (C=O) groups excluding carboxylic acids is 1. The van der Waals surface area contributed by atoms with Crippen molar-refractivity contribution in [3.8, 4) is 0 Å². The van der Waals surface area contributed by atoms with Crippen molar-refractivity contribution in [1.82, 2.24) is 10.6 Å². The Morgan fingerprint density at radius 1 is 1.17 bits per heavy atom. The highest BCUT2D eigenvalue weighted by molar-refractivity contribution is 8.16. The van der Waals surface area contributed by atoms with Crippen molar-refractivity contribution >= 4 is 41.8 Å². The van der Waals surface area contributed by atoms with Crippen LogP contribution in [-0.2, 0) is 0 Å². The molecule has 0 radical (unpaired) electrons. The van der Waals surface area contributed by atoms with Gasteiger partial charge < -0.3 is 10.6 Å². The summed E-state index contributed by atoms with van der Waals surface area (Å²) in [6.07, 6.45) is 4.93. The summed E-state index contributed by atoms with van der Waals surface area (Å²) in [5, 5.41) is 6.49. The van der Waals surface area contributed by atoms with E-state index in [0.29, 0.717) is 10.5 Å². The predicted octanol–water partition coefficient (Wildman–Crippen LogP) is 4.10. The lowest BCUT2D eigenvalue weighted by Crippen LogP contribution is -2.33. The molecule has 2 heterocycles. The average molecular weight is 387 g/mol. The van der Waals surface area contributed by atoms with Gasteiger partial charge in [0.05, 0.1) is 4.58 Å². The normalized spacial score (nSPS) is 21.8. The summed E-state index contributed by atoms with van der Waals surface area (Å²) in [5.41, 5.74) is 2.12. The van der Waals surface area contributed by atoms with E-state index in [-0.39, 0.29) is 18.3 Å². The van der Waals surface area contributed by atoms with Gasteiger partial charge >= 0.3 is 0 Å². The topological polar surface area (TPSA) is 41.1 Å². The average Bonchev–Trinajstić information content (AvgIpc) is 2.63. The maximum absolute atomic E-state index is 12.2. The lowest BCUT2D eigenvalue weighted by atomic mass is 9.96. The van der Waals surface area contributed by atoms with E-state index in [1.165, 1.54) is 36.3 Å². The molecule has 2 N–H and O–H groups in total. The van der Waals surface area contributed by atoms with Crippen LogP contribution in [0.15, 0.2) is 24.3 Å². The number of benzene rings is 1. The Balaban J connectivity index is 0.00000208. The number of hydrogen-bond acceptors (Lipinski definition) is 4. The van der Waals surface area contributed by atoms with Gasteiger partial charge in [0.1, 0.15) is 0 Å². The molecule has 3 nitrogen and oxygen atoms in total. The smallest absolute Gasteiger partial charge is 0.251 e. The Kier molecular flexibility index (Phi) is 8.81. The van der Waals surface area contributed by atoms with Gasteiger partial charge in [-0.1, -0.05) is 12.1 Å². The SMILES string of the molecule is Cl.O=C(NCCC1CCCNC1)c1ccc(C2SCCCS2)cc1. The van der Waals surface area contributed by atoms with E-state index in [0.717, 1.165) is 31.6 Å². The van der Waals surface area contributed by atoms with Gasteiger partial charge in [-0.2, -0.15) is 0 Å². The fourth-order valence-electron chi connectivity index (χ4n) is 3.13. The summed E-state index contributed by atoms with van der Waals surface area (Å²) in [6, 6.07) is 8.19. The summed E-state index contributed by atoms with van der Waals surface area (Å²) in [7, 11) is 0. The van der Waals surface area contributed by atoms with Crippen LogP contribution < -0.4 is 10.6 Å². The number of halogens is 1. The number of piperidine rings is 1. The maximum atomic E-state index is 12.2. The number of hydrogen-bond donors (Lipinski definition) is 2. The van der Waals surface area contributed by atoms with E-state index >= 15 is 0 Å². The van der Waals surface area contributed by atoms with Gasteiger partial charge in [-0.25, -0.2) is 0 Å². The van der Waals surface area contributed by atoms with Gasteiger partial charge in [-0.05, 0) is 73.9 Å². The van der Waals surface area contributed by atoms with Crippen LogP contribution in [-0.4, -0.2) is 37.0 Å². The molecule has 0 aromatic heterocycles. The summed E-state index contributed by atoms with van der Waals surface area (Å²) >= 11 is 4.03. The predicted molar refractivity (Wildman–Crippen MR) is 109 cm³/mol. The molecule has 24 heavy (non-hydrogen) atoms. The van der Waals surface area contributed by atoms with E-state index in [1.54, 1.807) is 0 Å². The molecule has 134 valence electrons. The minimum Gasteiger partial charge on any atom is -0.352 e. The number of amides is 1. The van der Waals surface area contributed by atoms with Crippen molar-refractivity contribution in [2.75, 3.05) is 31.1 Å². The van der Waals surface area contributed by atoms with Crippen LogP contribution in [0.5, 0.6) is 0 Å². The molecule has 1 atom stereocenters. The highest BCUT2D eigenvalue weighted by Crippen LogP contribution is 2.43. The first-order chi connectivity index (χ1) is 11.3. The monoisotopic (exact) mass is 386 g/mol. The molecule has 6 heteroatoms. The third kappa shape index (κ3) is 5.87. The molecule has 2 aliphatic rings. The number of thioether (sulfide) groups is 2. The van der Waals surface area contributed by atoms with Crippen LogP contribution in [0.3, 0.4) is 0 Å². The Morgan fingerprint density at radius 2 is 1.92 bits per heavy atom. The molecule has 2 saturated heterocycles. The summed E-state index contributed by atoms with van der Waals surface area (Å²) < 4.78 is 0.541. The molecule has 0 spiro atoms. The molecule has 2 fully saturated rings. The quantitative estimate of drug-likeness (QED) is 0.799. The fourth-order valence-corrected chi connectivity index (χ4v) is 6.03. The largest absolute Gasteiger partial charge is 0.352 e. The van der Waals surface area contributed by atoms with Crippen LogP contribution in [0.25, 0.3) is 0 Å². The second-order valence-electron chi connectivity index (χ2n) is 6.31. The van der Waals surface area contributed by atoms with E-state index in [4.69, 9.17) is 0 Å². The Hall–Kier alpha value is -0.360. The Morgan fingerprint density at radius 3 is 2.58 bits per heavy atom. The van der Waals surface area contributed by atoms with Gasteiger partial charge in [0.15, 0.2) is 0 Å². The molecule has 1 aromatic carbocycles. The van der Waals surface area contributed by atoms with Crippen molar-refractivity contribution in [2.24, 2.45) is 5.92 Å². The molecule has 3 rings (SSSR count). The van der Waals surface area contributed by atoms with Crippen molar-refractivity contribution in [3.05, 3.63) is 35.4 Å². The maximum Gasteiger partial charge on any atom is 0.251 e. The van der Waals surface area contributed by atoms with Crippen molar-refractivity contribution in [1.29, 1.82) is 0 Å². The van der Waals surface area contributed by atoms with Crippen LogP contribution in [0.4, 0.5) is 0 Å².